The van der Waals surface area contributed by atoms with Crippen molar-refractivity contribution in [2.24, 2.45) is 0 Å². The topological polar surface area (TPSA) is 59.5 Å². The second-order valence-corrected chi connectivity index (χ2v) is 6.73. The van der Waals surface area contributed by atoms with E-state index in [9.17, 15) is 0 Å². The van der Waals surface area contributed by atoms with E-state index in [0.29, 0.717) is 11.5 Å². The molecule has 0 radical (unpaired) electrons. The van der Waals surface area contributed by atoms with Gasteiger partial charge in [-0.3, -0.25) is 0 Å². The van der Waals surface area contributed by atoms with Crippen LogP contribution in [0.25, 0.3) is 10.9 Å². The van der Waals surface area contributed by atoms with Crippen molar-refractivity contribution in [1.82, 2.24) is 9.97 Å². The predicted molar refractivity (Wildman–Crippen MR) is 116 cm³/mol. The maximum atomic E-state index is 5.48. The first-order valence-corrected chi connectivity index (χ1v) is 9.21. The Labute approximate surface area is 171 Å². The van der Waals surface area contributed by atoms with Crippen molar-refractivity contribution in [2.75, 3.05) is 37.5 Å². The zero-order chi connectivity index (χ0) is 18.8. The molecular weight excluding hydrogens is 376 g/mol. The van der Waals surface area contributed by atoms with Gasteiger partial charge in [-0.2, -0.15) is 4.98 Å². The lowest BCUT2D eigenvalue weighted by atomic mass is 10.1. The van der Waals surface area contributed by atoms with Gasteiger partial charge >= 0.3 is 0 Å². The summed E-state index contributed by atoms with van der Waals surface area (Å²) in [6, 6.07) is 12.0. The van der Waals surface area contributed by atoms with Crippen molar-refractivity contribution >= 4 is 40.8 Å². The van der Waals surface area contributed by atoms with Crippen molar-refractivity contribution in [2.45, 2.75) is 19.8 Å². The van der Waals surface area contributed by atoms with E-state index in [2.05, 4.69) is 29.3 Å². The van der Waals surface area contributed by atoms with Gasteiger partial charge in [-0.15, -0.1) is 12.4 Å². The average molecular weight is 401 g/mol. The van der Waals surface area contributed by atoms with E-state index < -0.39 is 0 Å². The predicted octanol–water partition coefficient (Wildman–Crippen LogP) is 4.72. The van der Waals surface area contributed by atoms with Gasteiger partial charge in [-0.1, -0.05) is 18.2 Å². The van der Waals surface area contributed by atoms with Gasteiger partial charge in [0.25, 0.3) is 0 Å². The fourth-order valence-electron chi connectivity index (χ4n) is 3.44. The number of ether oxygens (including phenoxy) is 2. The van der Waals surface area contributed by atoms with Crippen LogP contribution in [0.15, 0.2) is 36.4 Å². The summed E-state index contributed by atoms with van der Waals surface area (Å²) < 4.78 is 11.0. The first-order valence-electron chi connectivity index (χ1n) is 9.21. The Morgan fingerprint density at radius 1 is 0.964 bits per heavy atom. The fraction of sp³-hybridized carbons (Fsp3) is 0.333. The number of fused-ring (bicyclic) bond motifs is 1. The number of anilines is 3. The van der Waals surface area contributed by atoms with Crippen LogP contribution in [0, 0.1) is 6.92 Å². The zero-order valence-corrected chi connectivity index (χ0v) is 17.2. The Morgan fingerprint density at radius 3 is 2.32 bits per heavy atom. The summed E-state index contributed by atoms with van der Waals surface area (Å²) >= 11 is 0. The van der Waals surface area contributed by atoms with Crippen LogP contribution in [0.4, 0.5) is 17.5 Å². The van der Waals surface area contributed by atoms with E-state index in [0.717, 1.165) is 47.0 Å². The molecule has 1 saturated heterocycles. The number of halogens is 1. The minimum Gasteiger partial charge on any atom is -0.493 e. The lowest BCUT2D eigenvalue weighted by molar-refractivity contribution is 0.356. The second kappa shape index (κ2) is 8.52. The SMILES string of the molecule is COc1cc2nc(N3CCCC3)nc(Nc3ccccc3C)c2cc1OC.Cl. The lowest BCUT2D eigenvalue weighted by Crippen LogP contribution is -2.21. The van der Waals surface area contributed by atoms with Crippen LogP contribution >= 0.6 is 12.4 Å². The number of aryl methyl sites for hydroxylation is 1. The number of benzene rings is 2. The Morgan fingerprint density at radius 2 is 1.64 bits per heavy atom. The van der Waals surface area contributed by atoms with Crippen LogP contribution in [0.3, 0.4) is 0 Å². The monoisotopic (exact) mass is 400 g/mol. The Bertz CT molecular complexity index is 974. The first kappa shape index (κ1) is 20.0. The summed E-state index contributed by atoms with van der Waals surface area (Å²) in [5.41, 5.74) is 3.02. The number of nitrogens with zero attached hydrogens (tertiary/aromatic N) is 3. The van der Waals surface area contributed by atoms with Gasteiger partial charge in [0.2, 0.25) is 5.95 Å². The van der Waals surface area contributed by atoms with Crippen LogP contribution in [0.5, 0.6) is 11.5 Å². The molecule has 28 heavy (non-hydrogen) atoms. The summed E-state index contributed by atoms with van der Waals surface area (Å²) in [5.74, 6) is 2.86. The Balaban J connectivity index is 0.00000225. The largest absolute Gasteiger partial charge is 0.493 e. The summed E-state index contributed by atoms with van der Waals surface area (Å²) in [6.45, 7) is 4.06. The third kappa shape index (κ3) is 3.78. The highest BCUT2D eigenvalue weighted by atomic mass is 35.5. The van der Waals surface area contributed by atoms with Gasteiger partial charge in [0, 0.05) is 30.2 Å². The molecule has 0 amide bonds. The van der Waals surface area contributed by atoms with Crippen LogP contribution in [0.2, 0.25) is 0 Å². The zero-order valence-electron chi connectivity index (χ0n) is 16.4. The molecule has 0 unspecified atom stereocenters. The molecule has 2 heterocycles. The number of para-hydroxylation sites is 1. The van der Waals surface area contributed by atoms with Crippen molar-refractivity contribution in [3.05, 3.63) is 42.0 Å². The maximum Gasteiger partial charge on any atom is 0.227 e. The Hall–Kier alpha value is -2.73. The molecule has 6 nitrogen and oxygen atoms in total. The van der Waals surface area contributed by atoms with Crippen LogP contribution in [0.1, 0.15) is 18.4 Å². The highest BCUT2D eigenvalue weighted by Crippen LogP contribution is 2.36. The van der Waals surface area contributed by atoms with Gasteiger partial charge in [0.15, 0.2) is 11.5 Å². The van der Waals surface area contributed by atoms with E-state index in [4.69, 9.17) is 19.4 Å². The molecule has 2 aromatic carbocycles. The molecule has 148 valence electrons. The van der Waals surface area contributed by atoms with Crippen molar-refractivity contribution in [3.63, 3.8) is 0 Å². The quantitative estimate of drug-likeness (QED) is 0.668. The third-order valence-corrected chi connectivity index (χ3v) is 4.98. The number of nitrogens with one attached hydrogen (secondary N) is 1. The number of hydrogen-bond acceptors (Lipinski definition) is 6. The van der Waals surface area contributed by atoms with Gasteiger partial charge < -0.3 is 19.7 Å². The fourth-order valence-corrected chi connectivity index (χ4v) is 3.44. The molecule has 4 rings (SSSR count). The van der Waals surface area contributed by atoms with Crippen LogP contribution in [-0.4, -0.2) is 37.3 Å². The smallest absolute Gasteiger partial charge is 0.227 e. The molecule has 0 saturated carbocycles. The van der Waals surface area contributed by atoms with Gasteiger partial charge in [-0.05, 0) is 37.5 Å². The van der Waals surface area contributed by atoms with Gasteiger partial charge in [0.05, 0.1) is 19.7 Å². The molecule has 0 spiro atoms. The van der Waals surface area contributed by atoms with E-state index in [1.54, 1.807) is 14.2 Å². The standard InChI is InChI=1S/C21H24N4O2.ClH/c1-14-8-4-5-9-16(14)22-20-15-12-18(26-2)19(27-3)13-17(15)23-21(24-20)25-10-6-7-11-25;/h4-5,8-9,12-13H,6-7,10-11H2,1-3H3,(H,22,23,24);1H. The molecule has 0 aliphatic carbocycles. The summed E-state index contributed by atoms with van der Waals surface area (Å²) in [5, 5.41) is 4.40. The highest BCUT2D eigenvalue weighted by molar-refractivity contribution is 5.94. The normalized spacial score (nSPS) is 13.3. The summed E-state index contributed by atoms with van der Waals surface area (Å²) in [4.78, 5) is 11.9. The number of methoxy groups -OCH3 is 2. The molecular formula is C21H25ClN4O2. The maximum absolute atomic E-state index is 5.48. The van der Waals surface area contributed by atoms with Crippen molar-refractivity contribution in [3.8, 4) is 11.5 Å². The minimum absolute atomic E-state index is 0. The lowest BCUT2D eigenvalue weighted by Gasteiger charge is -2.19. The molecule has 0 atom stereocenters. The third-order valence-electron chi connectivity index (χ3n) is 4.98. The molecule has 0 bridgehead atoms. The average Bonchev–Trinajstić information content (AvgIpc) is 3.23. The van der Waals surface area contributed by atoms with Crippen LogP contribution in [-0.2, 0) is 0 Å². The molecule has 1 fully saturated rings. The van der Waals surface area contributed by atoms with Crippen molar-refractivity contribution in [1.29, 1.82) is 0 Å². The number of hydrogen-bond donors (Lipinski definition) is 1. The molecule has 1 aliphatic heterocycles. The van der Waals surface area contributed by atoms with E-state index >= 15 is 0 Å². The van der Waals surface area contributed by atoms with Gasteiger partial charge in [-0.25, -0.2) is 4.98 Å². The summed E-state index contributed by atoms with van der Waals surface area (Å²) in [7, 11) is 3.27. The van der Waals surface area contributed by atoms with E-state index in [1.807, 2.05) is 24.3 Å². The van der Waals surface area contributed by atoms with Crippen LogP contribution < -0.4 is 19.7 Å². The minimum atomic E-state index is 0. The number of rotatable bonds is 5. The van der Waals surface area contributed by atoms with Crippen molar-refractivity contribution < 1.29 is 9.47 Å². The Kier molecular flexibility index (Phi) is 6.09. The molecule has 1 aromatic heterocycles. The van der Waals surface area contributed by atoms with E-state index in [1.165, 1.54) is 12.8 Å². The highest BCUT2D eigenvalue weighted by Gasteiger charge is 2.19. The summed E-state index contributed by atoms with van der Waals surface area (Å²) in [6.07, 6.45) is 2.35. The molecule has 1 aliphatic rings. The molecule has 7 heteroatoms. The number of aromatic nitrogens is 2. The molecule has 3 aromatic rings. The second-order valence-electron chi connectivity index (χ2n) is 6.73. The van der Waals surface area contributed by atoms with E-state index in [-0.39, 0.29) is 12.4 Å². The molecule has 1 N–H and O–H groups in total. The first-order chi connectivity index (χ1) is 13.2. The van der Waals surface area contributed by atoms with Gasteiger partial charge in [0.1, 0.15) is 5.82 Å².